The summed E-state index contributed by atoms with van der Waals surface area (Å²) in [5.74, 6) is -0.285. The molecule has 1 aromatic rings. The Morgan fingerprint density at radius 2 is 2.38 bits per heavy atom. The fraction of sp³-hybridized carbons (Fsp3) is 0.167. The summed E-state index contributed by atoms with van der Waals surface area (Å²) in [6.07, 6.45) is 3.09. The first kappa shape index (κ1) is 11.8. The van der Waals surface area contributed by atoms with Crippen LogP contribution in [0.3, 0.4) is 0 Å². The second kappa shape index (κ2) is 5.56. The molecule has 0 radical (unpaired) electrons. The zero-order chi connectivity index (χ0) is 12.0. The average Bonchev–Trinajstić information content (AvgIpc) is 2.28. The van der Waals surface area contributed by atoms with E-state index in [1.54, 1.807) is 24.3 Å². The van der Waals surface area contributed by atoms with E-state index >= 15 is 0 Å². The van der Waals surface area contributed by atoms with Crippen LogP contribution < -0.4 is 4.74 Å². The highest BCUT2D eigenvalue weighted by Crippen LogP contribution is 2.21. The van der Waals surface area contributed by atoms with Crippen LogP contribution in [0.4, 0.5) is 0 Å². The zero-order valence-corrected chi connectivity index (χ0v) is 8.80. The highest BCUT2D eigenvalue weighted by Gasteiger charge is 2.01. The minimum atomic E-state index is -0.897. The lowest BCUT2D eigenvalue weighted by Gasteiger charge is -2.04. The largest absolute Gasteiger partial charge is 0.496 e. The van der Waals surface area contributed by atoms with Crippen LogP contribution in [0.1, 0.15) is 17.5 Å². The van der Waals surface area contributed by atoms with Crippen LogP contribution in [-0.2, 0) is 4.79 Å². The molecule has 0 fully saturated rings. The van der Waals surface area contributed by atoms with E-state index in [-0.39, 0.29) is 6.42 Å². The van der Waals surface area contributed by atoms with Crippen molar-refractivity contribution < 1.29 is 14.6 Å². The average molecular weight is 217 g/mol. The van der Waals surface area contributed by atoms with Gasteiger partial charge in [0.25, 0.3) is 0 Å². The maximum atomic E-state index is 10.3. The number of carbonyl (C=O) groups is 1. The van der Waals surface area contributed by atoms with Gasteiger partial charge in [0.2, 0.25) is 0 Å². The van der Waals surface area contributed by atoms with Crippen LogP contribution >= 0.6 is 0 Å². The van der Waals surface area contributed by atoms with Crippen molar-refractivity contribution in [3.8, 4) is 11.8 Å². The van der Waals surface area contributed by atoms with Crippen LogP contribution in [0.15, 0.2) is 24.3 Å². The molecule has 4 heteroatoms. The first-order valence-corrected chi connectivity index (χ1v) is 4.64. The number of ether oxygens (including phenoxy) is 1. The summed E-state index contributed by atoms with van der Waals surface area (Å²) >= 11 is 0. The molecule has 0 bridgehead atoms. The van der Waals surface area contributed by atoms with Crippen LogP contribution in [0, 0.1) is 11.3 Å². The van der Waals surface area contributed by atoms with Gasteiger partial charge in [-0.1, -0.05) is 12.2 Å². The monoisotopic (exact) mass is 217 g/mol. The lowest BCUT2D eigenvalue weighted by Crippen LogP contribution is -1.91. The number of rotatable bonds is 4. The molecule has 4 nitrogen and oxygen atoms in total. The fourth-order valence-corrected chi connectivity index (χ4v) is 1.22. The molecule has 0 spiro atoms. The number of benzene rings is 1. The topological polar surface area (TPSA) is 70.3 Å². The van der Waals surface area contributed by atoms with E-state index in [1.807, 2.05) is 6.07 Å². The molecule has 0 amide bonds. The Hall–Kier alpha value is -2.28. The third kappa shape index (κ3) is 3.14. The van der Waals surface area contributed by atoms with Gasteiger partial charge >= 0.3 is 5.97 Å². The summed E-state index contributed by atoms with van der Waals surface area (Å²) in [5, 5.41) is 17.2. The molecule has 0 aliphatic heterocycles. The van der Waals surface area contributed by atoms with Crippen LogP contribution in [0.5, 0.6) is 5.75 Å². The molecule has 82 valence electrons. The molecule has 0 unspecified atom stereocenters. The minimum absolute atomic E-state index is 0.0556. The first-order chi connectivity index (χ1) is 7.67. The summed E-state index contributed by atoms with van der Waals surface area (Å²) in [4.78, 5) is 10.3. The van der Waals surface area contributed by atoms with Crippen molar-refractivity contribution in [2.24, 2.45) is 0 Å². The Labute approximate surface area is 93.4 Å². The van der Waals surface area contributed by atoms with Crippen molar-refractivity contribution in [1.82, 2.24) is 0 Å². The Balaban J connectivity index is 2.96. The quantitative estimate of drug-likeness (QED) is 0.837. The van der Waals surface area contributed by atoms with Gasteiger partial charge in [0.05, 0.1) is 25.2 Å². The molecule has 1 aromatic carbocycles. The number of carboxylic acid groups (broad SMARTS) is 1. The van der Waals surface area contributed by atoms with Gasteiger partial charge in [0.1, 0.15) is 5.75 Å². The van der Waals surface area contributed by atoms with Gasteiger partial charge in [-0.2, -0.15) is 5.26 Å². The second-order valence-electron chi connectivity index (χ2n) is 3.07. The van der Waals surface area contributed by atoms with Crippen molar-refractivity contribution in [1.29, 1.82) is 5.26 Å². The van der Waals surface area contributed by atoms with E-state index in [0.717, 1.165) is 0 Å². The highest BCUT2D eigenvalue weighted by molar-refractivity contribution is 5.71. The van der Waals surface area contributed by atoms with E-state index in [9.17, 15) is 4.79 Å². The molecule has 16 heavy (non-hydrogen) atoms. The van der Waals surface area contributed by atoms with Gasteiger partial charge in [0, 0.05) is 5.56 Å². The highest BCUT2D eigenvalue weighted by atomic mass is 16.5. The summed E-state index contributed by atoms with van der Waals surface area (Å²) in [6.45, 7) is 0. The van der Waals surface area contributed by atoms with Crippen molar-refractivity contribution in [3.63, 3.8) is 0 Å². The fourth-order valence-electron chi connectivity index (χ4n) is 1.22. The molecule has 0 saturated heterocycles. The third-order valence-corrected chi connectivity index (χ3v) is 1.95. The Bertz CT molecular complexity index is 458. The normalized spacial score (nSPS) is 10.0. The molecule has 0 atom stereocenters. The lowest BCUT2D eigenvalue weighted by atomic mass is 10.1. The number of hydrogen-bond donors (Lipinski definition) is 1. The number of hydrogen-bond acceptors (Lipinski definition) is 3. The molecule has 1 rings (SSSR count). The molecule has 0 aliphatic carbocycles. The smallest absolute Gasteiger partial charge is 0.307 e. The van der Waals surface area contributed by atoms with Gasteiger partial charge in [-0.05, 0) is 18.2 Å². The number of carboxylic acids is 1. The third-order valence-electron chi connectivity index (χ3n) is 1.95. The van der Waals surface area contributed by atoms with Crippen molar-refractivity contribution >= 4 is 12.0 Å². The van der Waals surface area contributed by atoms with Gasteiger partial charge < -0.3 is 9.84 Å². The molecule has 0 saturated carbocycles. The van der Waals surface area contributed by atoms with E-state index in [0.29, 0.717) is 16.9 Å². The Morgan fingerprint density at radius 1 is 1.62 bits per heavy atom. The maximum absolute atomic E-state index is 10.3. The number of nitrogens with zero attached hydrogens (tertiary/aromatic N) is 1. The van der Waals surface area contributed by atoms with Gasteiger partial charge in [0.15, 0.2) is 0 Å². The predicted molar refractivity (Wildman–Crippen MR) is 59.0 cm³/mol. The van der Waals surface area contributed by atoms with Crippen LogP contribution in [-0.4, -0.2) is 18.2 Å². The van der Waals surface area contributed by atoms with Gasteiger partial charge in [-0.3, -0.25) is 4.79 Å². The molecule has 1 N–H and O–H groups in total. The zero-order valence-electron chi connectivity index (χ0n) is 8.80. The summed E-state index contributed by atoms with van der Waals surface area (Å²) in [6, 6.07) is 6.99. The van der Waals surface area contributed by atoms with Gasteiger partial charge in [-0.15, -0.1) is 0 Å². The molecule has 0 aliphatic rings. The number of methoxy groups -OCH3 is 1. The van der Waals surface area contributed by atoms with E-state index in [1.165, 1.54) is 13.2 Å². The second-order valence-corrected chi connectivity index (χ2v) is 3.07. The SMILES string of the molecule is COc1ccc(C#N)cc1C=CCC(=O)O. The number of nitriles is 1. The predicted octanol–water partition coefficient (Wildman–Crippen LogP) is 2.05. The minimum Gasteiger partial charge on any atom is -0.496 e. The first-order valence-electron chi connectivity index (χ1n) is 4.64. The summed E-state index contributed by atoms with van der Waals surface area (Å²) < 4.78 is 5.09. The van der Waals surface area contributed by atoms with Crippen molar-refractivity contribution in [3.05, 3.63) is 35.4 Å². The van der Waals surface area contributed by atoms with Crippen molar-refractivity contribution in [2.45, 2.75) is 6.42 Å². The molecular formula is C12H11NO3. The number of aliphatic carboxylic acids is 1. The van der Waals surface area contributed by atoms with E-state index < -0.39 is 5.97 Å². The van der Waals surface area contributed by atoms with E-state index in [2.05, 4.69) is 0 Å². The maximum Gasteiger partial charge on any atom is 0.307 e. The summed E-state index contributed by atoms with van der Waals surface area (Å²) in [7, 11) is 1.52. The summed E-state index contributed by atoms with van der Waals surface area (Å²) in [5.41, 5.74) is 1.21. The van der Waals surface area contributed by atoms with Crippen molar-refractivity contribution in [2.75, 3.05) is 7.11 Å². The lowest BCUT2D eigenvalue weighted by molar-refractivity contribution is -0.135. The molecule has 0 aromatic heterocycles. The molecular weight excluding hydrogens is 206 g/mol. The standard InChI is InChI=1S/C12H11NO3/c1-16-11-6-5-9(8-13)7-10(11)3-2-4-12(14)15/h2-3,5-7H,4H2,1H3,(H,14,15). The Morgan fingerprint density at radius 3 is 2.94 bits per heavy atom. The van der Waals surface area contributed by atoms with Crippen LogP contribution in [0.2, 0.25) is 0 Å². The molecule has 0 heterocycles. The van der Waals surface area contributed by atoms with Crippen LogP contribution in [0.25, 0.3) is 6.08 Å². The Kier molecular flexibility index (Phi) is 4.10. The van der Waals surface area contributed by atoms with E-state index in [4.69, 9.17) is 15.1 Å². The van der Waals surface area contributed by atoms with Gasteiger partial charge in [-0.25, -0.2) is 0 Å².